The molecule has 280 valence electrons. The maximum Gasteiger partial charge on any atom is 0.248 e. The van der Waals surface area contributed by atoms with E-state index in [0.717, 1.165) is 0 Å². The van der Waals surface area contributed by atoms with E-state index in [-0.39, 0.29) is 34.4 Å². The third-order valence-corrected chi connectivity index (χ3v) is 7.23. The fourth-order valence-corrected chi connectivity index (χ4v) is 4.69. The molecule has 0 spiro atoms. The molecule has 0 aliphatic rings. The number of nitrogens with zero attached hydrogens (tertiary/aromatic N) is 6. The van der Waals surface area contributed by atoms with Crippen molar-refractivity contribution in [3.05, 3.63) is 71.3 Å². The average molecular weight is 733 g/mol. The first-order chi connectivity index (χ1) is 25.3. The summed E-state index contributed by atoms with van der Waals surface area (Å²) in [6, 6.07) is 7.48. The maximum absolute atomic E-state index is 11.6. The average Bonchev–Trinajstić information content (AvgIpc) is 3.87. The molecular formula is C33H40N12O8. The van der Waals surface area contributed by atoms with Crippen LogP contribution in [0.4, 0.5) is 11.9 Å². The van der Waals surface area contributed by atoms with Gasteiger partial charge in [-0.15, -0.1) is 5.10 Å². The number of aliphatic imine (C=N–C) groups is 1. The van der Waals surface area contributed by atoms with E-state index in [1.165, 1.54) is 52.7 Å². The van der Waals surface area contributed by atoms with E-state index >= 15 is 0 Å². The minimum Gasteiger partial charge on any atom is -0.506 e. The van der Waals surface area contributed by atoms with Crippen molar-refractivity contribution >= 4 is 64.1 Å². The predicted octanol–water partition coefficient (Wildman–Crippen LogP) is 1.11. The molecule has 2 aromatic carbocycles. The number of aromatic amines is 1. The highest BCUT2D eigenvalue weighted by atomic mass is 16.5. The van der Waals surface area contributed by atoms with E-state index in [1.807, 2.05) is 12.2 Å². The van der Waals surface area contributed by atoms with Gasteiger partial charge in [0.15, 0.2) is 18.5 Å². The predicted molar refractivity (Wildman–Crippen MR) is 197 cm³/mol. The summed E-state index contributed by atoms with van der Waals surface area (Å²) in [6.07, 6.45) is 6.38. The van der Waals surface area contributed by atoms with E-state index in [1.54, 1.807) is 28.3 Å². The van der Waals surface area contributed by atoms with Gasteiger partial charge < -0.3 is 56.7 Å². The zero-order valence-corrected chi connectivity index (χ0v) is 29.5. The number of rotatable bonds is 13. The Morgan fingerprint density at radius 1 is 0.925 bits per heavy atom. The monoisotopic (exact) mass is 732 g/mol. The zero-order chi connectivity index (χ0) is 39.2. The maximum atomic E-state index is 11.6. The molecule has 0 fully saturated rings. The van der Waals surface area contributed by atoms with Crippen LogP contribution in [0.5, 0.6) is 17.4 Å². The van der Waals surface area contributed by atoms with Crippen LogP contribution in [0.2, 0.25) is 0 Å². The SMILES string of the molecule is CN=C(C=O)/C=C(\N)OC.CNc1nc2cc(C(N)=O)cc(O)c2n1C/C=C/Cn1c(N)nc2cc(C(N)=O)cc(OC)c21.COc1cc(C=O)[nH]n1. The number of fused-ring (bicyclic) bond motifs is 2. The molecule has 0 saturated heterocycles. The molecular weight excluding hydrogens is 692 g/mol. The molecule has 2 amide bonds. The van der Waals surface area contributed by atoms with Crippen molar-refractivity contribution in [3.63, 3.8) is 0 Å². The Balaban J connectivity index is 0.000000325. The molecule has 3 aromatic heterocycles. The van der Waals surface area contributed by atoms with Gasteiger partial charge in [-0.25, -0.2) is 9.97 Å². The summed E-state index contributed by atoms with van der Waals surface area (Å²) < 4.78 is 18.2. The summed E-state index contributed by atoms with van der Waals surface area (Å²) in [7, 11) is 7.61. The van der Waals surface area contributed by atoms with Crippen LogP contribution in [0.15, 0.2) is 59.4 Å². The standard InChI is InChI=1S/C22H24N8O4.C6H10N2O2.C5H6N2O2/c1-26-22-28-13-7-11(19(23)32)9-15(31)17(13)30(22)6-4-3-5-29-18-14(27-21(29)25)8-12(20(24)33)10-16(18)34-2;1-8-5(4-9)3-6(7)10-2;1-9-5-2-4(3-8)6-7-5/h3-4,7-10,31H,5-6H2,1-2H3,(H2,23,32)(H2,24,33)(H2,25,27)(H,26,28);3-4H,7H2,1-2H3;2-3H,1H3,(H,6,7)/b4-3+;6-3+,8-5?;. The molecule has 5 rings (SSSR count). The van der Waals surface area contributed by atoms with Gasteiger partial charge in [-0.1, -0.05) is 12.2 Å². The Kier molecular flexibility index (Phi) is 14.0. The number of anilines is 2. The van der Waals surface area contributed by atoms with Crippen LogP contribution in [0.3, 0.4) is 0 Å². The highest BCUT2D eigenvalue weighted by molar-refractivity contribution is 6.33. The van der Waals surface area contributed by atoms with Gasteiger partial charge in [-0.3, -0.25) is 29.3 Å². The number of aromatic nitrogens is 6. The van der Waals surface area contributed by atoms with Crippen LogP contribution in [0, 0.1) is 0 Å². The van der Waals surface area contributed by atoms with Gasteiger partial charge in [0.25, 0.3) is 0 Å². The number of primary amides is 2. The quantitative estimate of drug-likeness (QED) is 0.0386. The number of hydrogen-bond acceptors (Lipinski definition) is 15. The van der Waals surface area contributed by atoms with Gasteiger partial charge in [-0.2, -0.15) is 0 Å². The lowest BCUT2D eigenvalue weighted by Crippen LogP contribution is -2.11. The van der Waals surface area contributed by atoms with Gasteiger partial charge in [0, 0.05) is 50.5 Å². The zero-order valence-electron chi connectivity index (χ0n) is 29.5. The van der Waals surface area contributed by atoms with Crippen molar-refractivity contribution in [1.82, 2.24) is 29.3 Å². The van der Waals surface area contributed by atoms with Crippen LogP contribution in [0.1, 0.15) is 31.2 Å². The molecule has 0 saturated carbocycles. The van der Waals surface area contributed by atoms with Gasteiger partial charge in [-0.05, 0) is 24.3 Å². The number of aldehydes is 2. The fourth-order valence-electron chi connectivity index (χ4n) is 4.69. The summed E-state index contributed by atoms with van der Waals surface area (Å²) in [4.78, 5) is 55.5. The number of phenols is 1. The summed E-state index contributed by atoms with van der Waals surface area (Å²) in [5.41, 5.74) is 25.2. The molecule has 3 heterocycles. The second kappa shape index (κ2) is 18.6. The number of H-pyrrole nitrogens is 1. The van der Waals surface area contributed by atoms with Crippen molar-refractivity contribution in [1.29, 1.82) is 0 Å². The third kappa shape index (κ3) is 9.87. The van der Waals surface area contributed by atoms with E-state index in [9.17, 15) is 24.3 Å². The molecule has 11 N–H and O–H groups in total. The number of phenolic OH excluding ortho intramolecular Hbond substituents is 1. The smallest absolute Gasteiger partial charge is 0.248 e. The van der Waals surface area contributed by atoms with E-state index in [4.69, 9.17) is 32.4 Å². The molecule has 0 bridgehead atoms. The number of allylic oxidation sites excluding steroid dienone is 3. The van der Waals surface area contributed by atoms with Crippen LogP contribution < -0.4 is 37.7 Å². The second-order valence-corrected chi connectivity index (χ2v) is 10.5. The van der Waals surface area contributed by atoms with Crippen molar-refractivity contribution < 1.29 is 38.5 Å². The Hall–Kier alpha value is -7.38. The van der Waals surface area contributed by atoms with Gasteiger partial charge in [0.2, 0.25) is 29.6 Å². The number of aromatic hydroxyl groups is 1. The summed E-state index contributed by atoms with van der Waals surface area (Å²) in [5.74, 6) is 0.439. The Labute approximate surface area is 302 Å². The number of methoxy groups -OCH3 is 3. The van der Waals surface area contributed by atoms with Crippen molar-refractivity contribution in [2.24, 2.45) is 22.2 Å². The number of benzene rings is 2. The van der Waals surface area contributed by atoms with E-state index in [2.05, 4.69) is 35.2 Å². The topological polar surface area (TPSA) is 309 Å². The lowest BCUT2D eigenvalue weighted by molar-refractivity contribution is -0.102. The summed E-state index contributed by atoms with van der Waals surface area (Å²) >= 11 is 0. The summed E-state index contributed by atoms with van der Waals surface area (Å²) in [5, 5.41) is 19.5. The van der Waals surface area contributed by atoms with Crippen LogP contribution in [0.25, 0.3) is 22.1 Å². The number of amides is 2. The van der Waals surface area contributed by atoms with Crippen LogP contribution in [-0.4, -0.2) is 99.9 Å². The lowest BCUT2D eigenvalue weighted by Gasteiger charge is -2.09. The minimum atomic E-state index is -0.652. The van der Waals surface area contributed by atoms with Gasteiger partial charge in [0.05, 0.1) is 32.4 Å². The first-order valence-electron chi connectivity index (χ1n) is 15.3. The third-order valence-electron chi connectivity index (χ3n) is 7.23. The lowest BCUT2D eigenvalue weighted by atomic mass is 10.1. The van der Waals surface area contributed by atoms with Crippen LogP contribution >= 0.6 is 0 Å². The van der Waals surface area contributed by atoms with Crippen molar-refractivity contribution in [2.45, 2.75) is 13.1 Å². The molecule has 0 unspecified atom stereocenters. The number of nitrogen functional groups attached to an aromatic ring is 1. The van der Waals surface area contributed by atoms with Gasteiger partial charge in [0.1, 0.15) is 33.9 Å². The number of carbonyl (C=O) groups is 4. The first-order valence-corrected chi connectivity index (χ1v) is 15.3. The molecule has 53 heavy (non-hydrogen) atoms. The Bertz CT molecular complexity index is 2200. The fraction of sp³-hybridized carbons (Fsp3) is 0.212. The number of imidazole rings is 2. The normalized spacial score (nSPS) is 11.3. The summed E-state index contributed by atoms with van der Waals surface area (Å²) in [6.45, 7) is 0.736. The Morgan fingerprint density at radius 2 is 1.55 bits per heavy atom. The van der Waals surface area contributed by atoms with Crippen LogP contribution in [-0.2, 0) is 22.6 Å². The molecule has 20 heteroatoms. The molecule has 0 aliphatic heterocycles. The molecule has 5 aromatic rings. The van der Waals surface area contributed by atoms with Crippen molar-refractivity contribution in [3.8, 4) is 17.4 Å². The number of hydrogen-bond donors (Lipinski definition) is 7. The first kappa shape index (κ1) is 40.1. The largest absolute Gasteiger partial charge is 0.506 e. The molecule has 0 radical (unpaired) electrons. The number of nitrogens with one attached hydrogen (secondary N) is 2. The van der Waals surface area contributed by atoms with Gasteiger partial charge >= 0.3 is 0 Å². The molecule has 0 aliphatic carbocycles. The highest BCUT2D eigenvalue weighted by Crippen LogP contribution is 2.31. The van der Waals surface area contributed by atoms with Crippen molar-refractivity contribution in [2.75, 3.05) is 46.5 Å². The highest BCUT2D eigenvalue weighted by Gasteiger charge is 2.17. The Morgan fingerprint density at radius 3 is 2.04 bits per heavy atom. The number of ether oxygens (including phenoxy) is 3. The van der Waals surface area contributed by atoms with E-state index in [0.29, 0.717) is 71.0 Å². The second-order valence-electron chi connectivity index (χ2n) is 10.5. The molecule has 20 nitrogen and oxygen atoms in total. The van der Waals surface area contributed by atoms with E-state index < -0.39 is 11.8 Å². The number of nitrogens with two attached hydrogens (primary N) is 4. The molecule has 0 atom stereocenters. The number of carbonyl (C=O) groups excluding carboxylic acids is 4. The minimum absolute atomic E-state index is 0.103.